The largest absolute Gasteiger partial charge is 0.490 e. The molecule has 0 saturated heterocycles. The number of para-hydroxylation sites is 1. The molecule has 0 heterocycles. The Morgan fingerprint density at radius 3 is 2.53 bits per heavy atom. The van der Waals surface area contributed by atoms with E-state index in [1.807, 2.05) is 6.07 Å². The Hall–Kier alpha value is -1.02. The van der Waals surface area contributed by atoms with Crippen LogP contribution in [0.5, 0.6) is 5.75 Å². The van der Waals surface area contributed by atoms with Gasteiger partial charge < -0.3 is 10.1 Å². The van der Waals surface area contributed by atoms with Gasteiger partial charge in [-0.25, -0.2) is 0 Å². The molecule has 0 bridgehead atoms. The fourth-order valence-corrected chi connectivity index (χ4v) is 2.11. The monoisotopic (exact) mass is 235 g/mol. The van der Waals surface area contributed by atoms with E-state index in [1.165, 1.54) is 5.56 Å². The van der Waals surface area contributed by atoms with Gasteiger partial charge in [0.05, 0.1) is 6.10 Å². The van der Waals surface area contributed by atoms with Crippen LogP contribution in [-0.2, 0) is 6.42 Å². The zero-order chi connectivity index (χ0) is 12.7. The molecule has 1 aromatic carbocycles. The van der Waals surface area contributed by atoms with E-state index in [2.05, 4.69) is 51.2 Å². The molecule has 0 fully saturated rings. The third-order valence-corrected chi connectivity index (χ3v) is 2.92. The van der Waals surface area contributed by atoms with E-state index in [1.54, 1.807) is 0 Å². The van der Waals surface area contributed by atoms with Gasteiger partial charge in [0.1, 0.15) is 5.75 Å². The molecule has 17 heavy (non-hydrogen) atoms. The summed E-state index contributed by atoms with van der Waals surface area (Å²) in [5.74, 6) is 1.03. The van der Waals surface area contributed by atoms with Crippen LogP contribution in [-0.4, -0.2) is 18.7 Å². The van der Waals surface area contributed by atoms with Crippen LogP contribution >= 0.6 is 0 Å². The smallest absolute Gasteiger partial charge is 0.122 e. The topological polar surface area (TPSA) is 21.3 Å². The van der Waals surface area contributed by atoms with Crippen molar-refractivity contribution in [1.29, 1.82) is 0 Å². The molecule has 0 amide bonds. The number of nitrogens with one attached hydrogen (secondary N) is 1. The minimum absolute atomic E-state index is 0.247. The highest BCUT2D eigenvalue weighted by Crippen LogP contribution is 2.20. The molecule has 2 nitrogen and oxygen atoms in total. The van der Waals surface area contributed by atoms with Crippen molar-refractivity contribution in [1.82, 2.24) is 5.32 Å². The molecule has 1 rings (SSSR count). The van der Waals surface area contributed by atoms with Crippen molar-refractivity contribution < 1.29 is 4.74 Å². The van der Waals surface area contributed by atoms with Gasteiger partial charge in [-0.15, -0.1) is 0 Å². The lowest BCUT2D eigenvalue weighted by Crippen LogP contribution is -2.30. The molecule has 2 heteroatoms. The predicted octanol–water partition coefficient (Wildman–Crippen LogP) is 3.40. The van der Waals surface area contributed by atoms with Gasteiger partial charge in [0.15, 0.2) is 0 Å². The first-order valence-corrected chi connectivity index (χ1v) is 6.65. The van der Waals surface area contributed by atoms with Gasteiger partial charge in [-0.05, 0) is 44.9 Å². The van der Waals surface area contributed by atoms with Gasteiger partial charge in [-0.1, -0.05) is 32.0 Å². The fourth-order valence-electron chi connectivity index (χ4n) is 2.11. The molecule has 0 aliphatic heterocycles. The highest BCUT2D eigenvalue weighted by Gasteiger charge is 2.10. The van der Waals surface area contributed by atoms with E-state index < -0.39 is 0 Å². The van der Waals surface area contributed by atoms with Crippen molar-refractivity contribution in [3.63, 3.8) is 0 Å². The lowest BCUT2D eigenvalue weighted by Gasteiger charge is -2.20. The van der Waals surface area contributed by atoms with Crippen molar-refractivity contribution >= 4 is 0 Å². The summed E-state index contributed by atoms with van der Waals surface area (Å²) in [6, 6.07) is 8.80. The Labute approximate surface area is 105 Å². The molecular formula is C15H25NO. The third-order valence-electron chi connectivity index (χ3n) is 2.92. The van der Waals surface area contributed by atoms with Crippen LogP contribution in [0.1, 0.15) is 39.7 Å². The number of ether oxygens (including phenoxy) is 1. The molecule has 1 aromatic rings. The molecule has 1 N–H and O–H groups in total. The van der Waals surface area contributed by atoms with Crippen LogP contribution < -0.4 is 10.1 Å². The minimum atomic E-state index is 0.247. The van der Waals surface area contributed by atoms with Gasteiger partial charge in [0, 0.05) is 6.04 Å². The van der Waals surface area contributed by atoms with Gasteiger partial charge in [-0.3, -0.25) is 0 Å². The van der Waals surface area contributed by atoms with Crippen LogP contribution in [0.2, 0.25) is 0 Å². The van der Waals surface area contributed by atoms with Crippen LogP contribution in [0.15, 0.2) is 24.3 Å². The average molecular weight is 235 g/mol. The normalized spacial score (nSPS) is 14.4. The van der Waals surface area contributed by atoms with E-state index >= 15 is 0 Å². The second kappa shape index (κ2) is 7.33. The second-order valence-electron chi connectivity index (χ2n) is 4.58. The van der Waals surface area contributed by atoms with Crippen LogP contribution in [0, 0.1) is 0 Å². The van der Waals surface area contributed by atoms with E-state index in [4.69, 9.17) is 4.74 Å². The van der Waals surface area contributed by atoms with Gasteiger partial charge in [0.2, 0.25) is 0 Å². The Balaban J connectivity index is 2.52. The Morgan fingerprint density at radius 2 is 1.88 bits per heavy atom. The number of aryl methyl sites for hydroxylation is 1. The van der Waals surface area contributed by atoms with Crippen molar-refractivity contribution in [3.8, 4) is 5.75 Å². The van der Waals surface area contributed by atoms with Crippen LogP contribution in [0.4, 0.5) is 0 Å². The maximum atomic E-state index is 6.01. The molecule has 0 aliphatic carbocycles. The van der Waals surface area contributed by atoms with Gasteiger partial charge in [0.25, 0.3) is 0 Å². The zero-order valence-electron chi connectivity index (χ0n) is 11.5. The van der Waals surface area contributed by atoms with Crippen molar-refractivity contribution in [2.45, 2.75) is 52.7 Å². The lowest BCUT2D eigenvalue weighted by atomic mass is 10.1. The van der Waals surface area contributed by atoms with Crippen molar-refractivity contribution in [2.24, 2.45) is 0 Å². The third kappa shape index (κ3) is 4.78. The number of benzene rings is 1. The molecule has 2 atom stereocenters. The first kappa shape index (κ1) is 14.0. The summed E-state index contributed by atoms with van der Waals surface area (Å²) >= 11 is 0. The average Bonchev–Trinajstić information content (AvgIpc) is 2.29. The highest BCUT2D eigenvalue weighted by molar-refractivity contribution is 5.33. The fraction of sp³-hybridized carbons (Fsp3) is 0.600. The standard InChI is InChI=1S/C15H25NO/c1-5-14-9-7-8-10-15(14)17-13(4)11-12(3)16-6-2/h7-10,12-13,16H,5-6,11H2,1-4H3. The maximum Gasteiger partial charge on any atom is 0.122 e. The van der Waals surface area contributed by atoms with E-state index in [9.17, 15) is 0 Å². The van der Waals surface area contributed by atoms with Crippen molar-refractivity contribution in [2.75, 3.05) is 6.54 Å². The zero-order valence-corrected chi connectivity index (χ0v) is 11.5. The number of hydrogen-bond acceptors (Lipinski definition) is 2. The summed E-state index contributed by atoms with van der Waals surface area (Å²) in [7, 11) is 0. The molecule has 0 saturated carbocycles. The van der Waals surface area contributed by atoms with Crippen molar-refractivity contribution in [3.05, 3.63) is 29.8 Å². The quantitative estimate of drug-likeness (QED) is 0.782. The van der Waals surface area contributed by atoms with E-state index in [0.717, 1.165) is 25.1 Å². The Bertz CT molecular complexity index is 324. The summed E-state index contributed by atoms with van der Waals surface area (Å²) in [5, 5.41) is 3.41. The first-order valence-electron chi connectivity index (χ1n) is 6.65. The first-order chi connectivity index (χ1) is 8.17. The minimum Gasteiger partial charge on any atom is -0.490 e. The maximum absolute atomic E-state index is 6.01. The molecule has 0 spiro atoms. The summed E-state index contributed by atoms with van der Waals surface area (Å²) in [6.07, 6.45) is 2.30. The second-order valence-corrected chi connectivity index (χ2v) is 4.58. The summed E-state index contributed by atoms with van der Waals surface area (Å²) < 4.78 is 6.01. The van der Waals surface area contributed by atoms with Gasteiger partial charge in [-0.2, -0.15) is 0 Å². The molecule has 96 valence electrons. The number of hydrogen-bond donors (Lipinski definition) is 1. The van der Waals surface area contributed by atoms with Gasteiger partial charge >= 0.3 is 0 Å². The SMILES string of the molecule is CCNC(C)CC(C)Oc1ccccc1CC. The highest BCUT2D eigenvalue weighted by atomic mass is 16.5. The number of rotatable bonds is 7. The molecule has 2 unspecified atom stereocenters. The predicted molar refractivity (Wildman–Crippen MR) is 73.7 cm³/mol. The Morgan fingerprint density at radius 1 is 1.18 bits per heavy atom. The Kier molecular flexibility index (Phi) is 6.06. The lowest BCUT2D eigenvalue weighted by molar-refractivity contribution is 0.194. The molecular weight excluding hydrogens is 210 g/mol. The van der Waals surface area contributed by atoms with E-state index in [-0.39, 0.29) is 6.10 Å². The molecule has 0 aromatic heterocycles. The summed E-state index contributed by atoms with van der Waals surface area (Å²) in [5.41, 5.74) is 1.29. The summed E-state index contributed by atoms with van der Waals surface area (Å²) in [4.78, 5) is 0. The molecule has 0 aliphatic rings. The van der Waals surface area contributed by atoms with Crippen LogP contribution in [0.3, 0.4) is 0 Å². The van der Waals surface area contributed by atoms with Crippen LogP contribution in [0.25, 0.3) is 0 Å². The summed E-state index contributed by atoms with van der Waals surface area (Å²) in [6.45, 7) is 9.65. The molecule has 0 radical (unpaired) electrons. The van der Waals surface area contributed by atoms with E-state index in [0.29, 0.717) is 6.04 Å².